The molecule has 0 amide bonds. The van der Waals surface area contributed by atoms with Gasteiger partial charge in [-0.3, -0.25) is 0 Å². The van der Waals surface area contributed by atoms with Crippen molar-refractivity contribution < 1.29 is 4.39 Å². The Balaban J connectivity index is 2.52. The Morgan fingerprint density at radius 1 is 1.32 bits per heavy atom. The molecule has 0 radical (unpaired) electrons. The molecule has 0 bridgehead atoms. The summed E-state index contributed by atoms with van der Waals surface area (Å²) in [5.41, 5.74) is 0.572. The van der Waals surface area contributed by atoms with Gasteiger partial charge in [0.1, 0.15) is 5.82 Å². The van der Waals surface area contributed by atoms with E-state index in [2.05, 4.69) is 20.4 Å². The smallest absolute Gasteiger partial charge is 0.191 e. The maximum Gasteiger partial charge on any atom is 0.191 e. The van der Waals surface area contributed by atoms with Crippen LogP contribution < -0.4 is 5.32 Å². The van der Waals surface area contributed by atoms with Gasteiger partial charge >= 0.3 is 0 Å². The average molecular weight is 263 g/mol. The molecular weight excluding hydrogens is 245 g/mol. The van der Waals surface area contributed by atoms with E-state index in [1.807, 2.05) is 13.8 Å². The zero-order valence-electron chi connectivity index (χ0n) is 11.4. The third-order valence-electron chi connectivity index (χ3n) is 2.87. The van der Waals surface area contributed by atoms with Crippen molar-refractivity contribution in [2.45, 2.75) is 33.2 Å². The number of aromatic nitrogens is 4. The molecule has 102 valence electrons. The van der Waals surface area contributed by atoms with Crippen LogP contribution in [0.4, 0.5) is 4.39 Å². The van der Waals surface area contributed by atoms with Crippen LogP contribution in [0.15, 0.2) is 12.3 Å². The third-order valence-corrected chi connectivity index (χ3v) is 2.87. The van der Waals surface area contributed by atoms with Gasteiger partial charge in [-0.05, 0) is 13.1 Å². The lowest BCUT2D eigenvalue weighted by molar-refractivity contribution is 0.572. The summed E-state index contributed by atoms with van der Waals surface area (Å²) in [6.07, 6.45) is 3.00. The van der Waals surface area contributed by atoms with Gasteiger partial charge in [0.25, 0.3) is 0 Å². The number of nitrogens with one attached hydrogen (secondary N) is 1. The summed E-state index contributed by atoms with van der Waals surface area (Å²) in [5.74, 6) is 1.30. The second-order valence-electron chi connectivity index (χ2n) is 4.20. The number of halogens is 1. The molecule has 1 N–H and O–H groups in total. The molecule has 2 rings (SSSR count). The lowest BCUT2D eigenvalue weighted by Gasteiger charge is -2.08. The predicted octanol–water partition coefficient (Wildman–Crippen LogP) is 1.65. The van der Waals surface area contributed by atoms with E-state index in [0.717, 1.165) is 12.2 Å². The molecule has 2 aromatic rings. The van der Waals surface area contributed by atoms with Crippen molar-refractivity contribution in [1.29, 1.82) is 0 Å². The molecule has 2 heterocycles. The van der Waals surface area contributed by atoms with Crippen LogP contribution in [0.5, 0.6) is 0 Å². The molecule has 0 atom stereocenters. The van der Waals surface area contributed by atoms with Gasteiger partial charge in [-0.2, -0.15) is 4.68 Å². The van der Waals surface area contributed by atoms with E-state index < -0.39 is 0 Å². The Hall–Kier alpha value is -1.82. The molecule has 0 aliphatic carbocycles. The second-order valence-corrected chi connectivity index (χ2v) is 4.20. The van der Waals surface area contributed by atoms with Crippen molar-refractivity contribution in [2.75, 3.05) is 7.05 Å². The Morgan fingerprint density at radius 2 is 2.11 bits per heavy atom. The van der Waals surface area contributed by atoms with E-state index in [0.29, 0.717) is 24.4 Å². The SMILES string of the molecule is CCc1nc(CC)n(-c2nccc(CNC)c2F)n1. The minimum absolute atomic E-state index is 0.219. The van der Waals surface area contributed by atoms with E-state index in [1.165, 1.54) is 4.68 Å². The van der Waals surface area contributed by atoms with Crippen LogP contribution >= 0.6 is 0 Å². The van der Waals surface area contributed by atoms with Crippen LogP contribution in [0.1, 0.15) is 31.1 Å². The highest BCUT2D eigenvalue weighted by atomic mass is 19.1. The fraction of sp³-hybridized carbons (Fsp3) is 0.462. The molecule has 0 unspecified atom stereocenters. The van der Waals surface area contributed by atoms with Crippen molar-refractivity contribution in [3.63, 3.8) is 0 Å². The van der Waals surface area contributed by atoms with Gasteiger partial charge < -0.3 is 5.32 Å². The molecule has 5 nitrogen and oxygen atoms in total. The second kappa shape index (κ2) is 5.88. The summed E-state index contributed by atoms with van der Waals surface area (Å²) in [5, 5.41) is 7.25. The van der Waals surface area contributed by atoms with E-state index in [1.54, 1.807) is 19.3 Å². The molecule has 6 heteroatoms. The van der Waals surface area contributed by atoms with Crippen molar-refractivity contribution in [2.24, 2.45) is 0 Å². The maximum absolute atomic E-state index is 14.4. The average Bonchev–Trinajstić information content (AvgIpc) is 2.84. The number of nitrogens with zero attached hydrogens (tertiary/aromatic N) is 4. The summed E-state index contributed by atoms with van der Waals surface area (Å²) in [6.45, 7) is 4.40. The van der Waals surface area contributed by atoms with E-state index >= 15 is 0 Å². The van der Waals surface area contributed by atoms with Gasteiger partial charge in [-0.25, -0.2) is 14.4 Å². The fourth-order valence-corrected chi connectivity index (χ4v) is 1.89. The first kappa shape index (κ1) is 13.6. The summed E-state index contributed by atoms with van der Waals surface area (Å²) in [7, 11) is 1.78. The topological polar surface area (TPSA) is 55.6 Å². The van der Waals surface area contributed by atoms with Crippen LogP contribution in [0, 0.1) is 5.82 Å². The Kier molecular flexibility index (Phi) is 4.21. The minimum atomic E-state index is -0.348. The largest absolute Gasteiger partial charge is 0.316 e. The van der Waals surface area contributed by atoms with Crippen LogP contribution in [-0.4, -0.2) is 26.8 Å². The molecule has 19 heavy (non-hydrogen) atoms. The van der Waals surface area contributed by atoms with Crippen LogP contribution in [-0.2, 0) is 19.4 Å². The number of pyridine rings is 1. The first-order valence-electron chi connectivity index (χ1n) is 6.44. The van der Waals surface area contributed by atoms with Crippen molar-refractivity contribution in [3.05, 3.63) is 35.3 Å². The summed E-state index contributed by atoms with van der Waals surface area (Å²) >= 11 is 0. The van der Waals surface area contributed by atoms with Gasteiger partial charge in [0, 0.05) is 31.1 Å². The summed E-state index contributed by atoms with van der Waals surface area (Å²) in [4.78, 5) is 8.48. The Morgan fingerprint density at radius 3 is 2.74 bits per heavy atom. The van der Waals surface area contributed by atoms with Gasteiger partial charge in [0.2, 0.25) is 0 Å². The molecule has 0 aliphatic rings. The molecule has 0 spiro atoms. The molecular formula is C13H18FN5. The van der Waals surface area contributed by atoms with Crippen LogP contribution in [0.3, 0.4) is 0 Å². The molecule has 2 aromatic heterocycles. The van der Waals surface area contributed by atoms with Gasteiger partial charge in [0.05, 0.1) is 0 Å². The number of rotatable bonds is 5. The highest BCUT2D eigenvalue weighted by Gasteiger charge is 2.16. The van der Waals surface area contributed by atoms with Crippen molar-refractivity contribution in [1.82, 2.24) is 25.1 Å². The van der Waals surface area contributed by atoms with E-state index in [9.17, 15) is 4.39 Å². The van der Waals surface area contributed by atoms with Gasteiger partial charge in [-0.1, -0.05) is 13.8 Å². The van der Waals surface area contributed by atoms with Gasteiger partial charge in [0.15, 0.2) is 17.5 Å². The minimum Gasteiger partial charge on any atom is -0.316 e. The highest BCUT2D eigenvalue weighted by molar-refractivity contribution is 5.30. The molecule has 0 aliphatic heterocycles. The first-order chi connectivity index (χ1) is 9.21. The maximum atomic E-state index is 14.4. The summed E-state index contributed by atoms with van der Waals surface area (Å²) in [6, 6.07) is 1.67. The molecule has 0 aromatic carbocycles. The third kappa shape index (κ3) is 2.63. The van der Waals surface area contributed by atoms with E-state index in [4.69, 9.17) is 0 Å². The number of aryl methyl sites for hydroxylation is 2. The van der Waals surface area contributed by atoms with Crippen molar-refractivity contribution in [3.8, 4) is 5.82 Å². The molecule has 0 saturated heterocycles. The Bertz CT molecular complexity index is 564. The van der Waals surface area contributed by atoms with Crippen LogP contribution in [0.2, 0.25) is 0 Å². The predicted molar refractivity (Wildman–Crippen MR) is 70.6 cm³/mol. The zero-order valence-corrected chi connectivity index (χ0v) is 11.4. The number of hydrogen-bond acceptors (Lipinski definition) is 4. The normalized spacial score (nSPS) is 10.9. The Labute approximate surface area is 111 Å². The monoisotopic (exact) mass is 263 g/mol. The molecule has 0 fully saturated rings. The zero-order chi connectivity index (χ0) is 13.8. The van der Waals surface area contributed by atoms with Crippen molar-refractivity contribution >= 4 is 0 Å². The first-order valence-corrected chi connectivity index (χ1v) is 6.44. The standard InChI is InChI=1S/C13H18FN5/c1-4-10-17-11(5-2)19(18-10)13-12(14)9(8-15-3)6-7-16-13/h6-7,15H,4-5,8H2,1-3H3. The number of hydrogen-bond donors (Lipinski definition) is 1. The van der Waals surface area contributed by atoms with Crippen LogP contribution in [0.25, 0.3) is 5.82 Å². The highest BCUT2D eigenvalue weighted by Crippen LogP contribution is 2.16. The fourth-order valence-electron chi connectivity index (χ4n) is 1.89. The summed E-state index contributed by atoms with van der Waals surface area (Å²) < 4.78 is 15.9. The molecule has 0 saturated carbocycles. The van der Waals surface area contributed by atoms with E-state index in [-0.39, 0.29) is 11.6 Å². The lowest BCUT2D eigenvalue weighted by atomic mass is 10.2. The van der Waals surface area contributed by atoms with Gasteiger partial charge in [-0.15, -0.1) is 5.10 Å². The quantitative estimate of drug-likeness (QED) is 0.891. The lowest BCUT2D eigenvalue weighted by Crippen LogP contribution is -2.12.